The number of para-hydroxylation sites is 2. The number of rotatable bonds is 3. The van der Waals surface area contributed by atoms with E-state index in [2.05, 4.69) is 4.98 Å². The van der Waals surface area contributed by atoms with Gasteiger partial charge in [-0.05, 0) is 50.8 Å². The normalized spacial score (nSPS) is 17.4. The highest BCUT2D eigenvalue weighted by Crippen LogP contribution is 2.42. The van der Waals surface area contributed by atoms with Gasteiger partial charge in [-0.2, -0.15) is 0 Å². The molecule has 0 bridgehead atoms. The molecule has 0 aliphatic heterocycles. The van der Waals surface area contributed by atoms with Gasteiger partial charge in [0.05, 0.1) is 26.3 Å². The molecule has 0 spiro atoms. The Bertz CT molecular complexity index is 2410. The Labute approximate surface area is 221 Å². The lowest BCUT2D eigenvalue weighted by molar-refractivity contribution is 0.917. The second-order valence-corrected chi connectivity index (χ2v) is 8.20. The van der Waals surface area contributed by atoms with Crippen LogP contribution in [0.1, 0.15) is 29.1 Å². The Morgan fingerprint density at radius 2 is 1.43 bits per heavy atom. The van der Waals surface area contributed by atoms with Crippen LogP contribution in [-0.2, 0) is 6.37 Å². The van der Waals surface area contributed by atoms with Crippen molar-refractivity contribution in [3.05, 3.63) is 121 Å². The molecule has 7 rings (SSSR count). The molecule has 0 radical (unpaired) electrons. The summed E-state index contributed by atoms with van der Waals surface area (Å²) < 4.78 is 104. The first kappa shape index (κ1) is 11.3. The summed E-state index contributed by atoms with van der Waals surface area (Å²) in [5.41, 5.74) is 1.67. The standard InChI is InChI=1S/C33H24N2/c1-2-31-34-29-17-9-10-18-30(29)35(31)33-27-15-7-5-13-25(27)32(26-14-6-8-16-28(26)33)24-20-19-22-11-3-4-12-23(22)21-24/h3-21H,2H2,1H3/i1D3,2D2,3D,4D,11D,12D,19D,20D,21D. The summed E-state index contributed by atoms with van der Waals surface area (Å²) in [6.07, 6.45) is -2.86. The van der Waals surface area contributed by atoms with Gasteiger partial charge in [-0.15, -0.1) is 0 Å². The number of aromatic nitrogens is 2. The van der Waals surface area contributed by atoms with Gasteiger partial charge in [0.2, 0.25) is 0 Å². The molecule has 1 heterocycles. The molecule has 166 valence electrons. The first-order valence-corrected chi connectivity index (χ1v) is 11.1. The maximum absolute atomic E-state index is 9.28. The third-order valence-corrected chi connectivity index (χ3v) is 6.30. The minimum Gasteiger partial charge on any atom is -0.295 e. The Morgan fingerprint density at radius 1 is 0.771 bits per heavy atom. The van der Waals surface area contributed by atoms with E-state index in [4.69, 9.17) is 15.1 Å². The summed E-state index contributed by atoms with van der Waals surface area (Å²) in [5.74, 6) is -0.320. The number of aryl methyl sites for hydroxylation is 1. The molecule has 0 aliphatic rings. The number of imidazole rings is 1. The van der Waals surface area contributed by atoms with Crippen molar-refractivity contribution < 1.29 is 16.4 Å². The first-order valence-electron chi connectivity index (χ1n) is 17.1. The molecule has 0 saturated heterocycles. The number of benzene rings is 6. The van der Waals surface area contributed by atoms with E-state index in [0.29, 0.717) is 43.8 Å². The lowest BCUT2D eigenvalue weighted by Gasteiger charge is -2.20. The number of nitrogens with zero attached hydrogens (tertiary/aromatic N) is 2. The van der Waals surface area contributed by atoms with Crippen LogP contribution in [0.25, 0.3) is 60.2 Å². The van der Waals surface area contributed by atoms with Crippen LogP contribution in [0.5, 0.6) is 0 Å². The summed E-state index contributed by atoms with van der Waals surface area (Å²) in [6, 6.07) is 17.7. The van der Waals surface area contributed by atoms with E-state index in [1.807, 2.05) is 0 Å². The largest absolute Gasteiger partial charge is 0.295 e. The van der Waals surface area contributed by atoms with Crippen LogP contribution < -0.4 is 0 Å². The van der Waals surface area contributed by atoms with E-state index in [-0.39, 0.29) is 34.2 Å². The fourth-order valence-electron chi connectivity index (χ4n) is 4.86. The SMILES string of the molecule is [2H]c1c([2H])c([2H])c2c([2H])c(-c3c4ccccc4c(-n4c(C([2H])([2H])C([2H])([2H])[2H])nc5ccccc54)c4ccccc34)c([2H])c([2H])c2c1[2H]. The predicted molar refractivity (Wildman–Crippen MR) is 148 cm³/mol. The van der Waals surface area contributed by atoms with Gasteiger partial charge >= 0.3 is 0 Å². The first-order chi connectivity index (χ1) is 22.2. The van der Waals surface area contributed by atoms with Gasteiger partial charge < -0.3 is 0 Å². The summed E-state index contributed by atoms with van der Waals surface area (Å²) in [7, 11) is 0. The maximum Gasteiger partial charge on any atom is 0.114 e. The number of hydrogen-bond acceptors (Lipinski definition) is 1. The highest BCUT2D eigenvalue weighted by atomic mass is 15.1. The predicted octanol–water partition coefficient (Wildman–Crippen LogP) is 8.71. The zero-order valence-corrected chi connectivity index (χ0v) is 18.3. The molecule has 6 aromatic carbocycles. The van der Waals surface area contributed by atoms with E-state index in [1.165, 1.54) is 4.57 Å². The number of hydrogen-bond donors (Lipinski definition) is 0. The van der Waals surface area contributed by atoms with Crippen LogP contribution in [0.2, 0.25) is 0 Å². The van der Waals surface area contributed by atoms with E-state index < -0.39 is 43.4 Å². The van der Waals surface area contributed by atoms with Gasteiger partial charge in [0.15, 0.2) is 0 Å². The smallest absolute Gasteiger partial charge is 0.114 e. The van der Waals surface area contributed by atoms with Gasteiger partial charge in [-0.1, -0.05) is 104 Å². The molecule has 0 aliphatic carbocycles. The summed E-state index contributed by atoms with van der Waals surface area (Å²) in [5, 5.41) is 1.67. The zero-order chi connectivity index (χ0) is 33.7. The van der Waals surface area contributed by atoms with E-state index >= 15 is 0 Å². The molecular weight excluding hydrogens is 424 g/mol. The molecule has 0 fully saturated rings. The quantitative estimate of drug-likeness (QED) is 0.241. The van der Waals surface area contributed by atoms with Gasteiger partial charge in [-0.3, -0.25) is 4.57 Å². The minimum atomic E-state index is -3.06. The van der Waals surface area contributed by atoms with Gasteiger partial charge in [-0.25, -0.2) is 4.98 Å². The Balaban J connectivity index is 1.71. The molecule has 0 saturated carbocycles. The Kier molecular flexibility index (Phi) is 2.53. The molecule has 2 nitrogen and oxygen atoms in total. The summed E-state index contributed by atoms with van der Waals surface area (Å²) in [4.78, 5) is 4.50. The second-order valence-electron chi connectivity index (χ2n) is 8.20. The van der Waals surface area contributed by atoms with Crippen molar-refractivity contribution >= 4 is 43.4 Å². The molecule has 7 aromatic rings. The average molecular weight is 461 g/mol. The van der Waals surface area contributed by atoms with Crippen LogP contribution in [0, 0.1) is 0 Å². The Hall–Kier alpha value is -4.43. The summed E-state index contributed by atoms with van der Waals surface area (Å²) in [6.45, 7) is -3.06. The maximum atomic E-state index is 9.28. The van der Waals surface area contributed by atoms with Crippen molar-refractivity contribution in [2.75, 3.05) is 0 Å². The lowest BCUT2D eigenvalue weighted by Crippen LogP contribution is -2.03. The van der Waals surface area contributed by atoms with Crippen molar-refractivity contribution in [3.8, 4) is 16.8 Å². The minimum absolute atomic E-state index is 0.0000136. The highest BCUT2D eigenvalue weighted by molar-refractivity contribution is 6.19. The van der Waals surface area contributed by atoms with Gasteiger partial charge in [0.25, 0.3) is 0 Å². The highest BCUT2D eigenvalue weighted by Gasteiger charge is 2.20. The van der Waals surface area contributed by atoms with Crippen LogP contribution in [0.4, 0.5) is 0 Å². The van der Waals surface area contributed by atoms with E-state index in [1.54, 1.807) is 72.8 Å². The van der Waals surface area contributed by atoms with Crippen LogP contribution in [0.3, 0.4) is 0 Å². The molecule has 1 aromatic heterocycles. The topological polar surface area (TPSA) is 17.8 Å². The lowest BCUT2D eigenvalue weighted by atomic mass is 9.89. The van der Waals surface area contributed by atoms with Crippen molar-refractivity contribution in [3.63, 3.8) is 0 Å². The van der Waals surface area contributed by atoms with Crippen molar-refractivity contribution in [1.29, 1.82) is 0 Å². The molecule has 0 amide bonds. The monoisotopic (exact) mass is 460 g/mol. The summed E-state index contributed by atoms with van der Waals surface area (Å²) >= 11 is 0. The van der Waals surface area contributed by atoms with Crippen LogP contribution in [-0.4, -0.2) is 9.55 Å². The van der Waals surface area contributed by atoms with Crippen LogP contribution >= 0.6 is 0 Å². The molecule has 0 unspecified atom stereocenters. The second kappa shape index (κ2) is 7.82. The van der Waals surface area contributed by atoms with Gasteiger partial charge in [0.1, 0.15) is 5.82 Å². The molecule has 0 N–H and O–H groups in total. The fourth-order valence-corrected chi connectivity index (χ4v) is 4.86. The third-order valence-electron chi connectivity index (χ3n) is 6.30. The molecular formula is C33H24N2. The molecule has 2 heteroatoms. The van der Waals surface area contributed by atoms with Crippen molar-refractivity contribution in [1.82, 2.24) is 9.55 Å². The molecule has 35 heavy (non-hydrogen) atoms. The van der Waals surface area contributed by atoms with Crippen LogP contribution in [0.15, 0.2) is 115 Å². The fraction of sp³-hybridized carbons (Fsp3) is 0.0606. The average Bonchev–Trinajstić information content (AvgIpc) is 3.43. The Morgan fingerprint density at radius 3 is 2.17 bits per heavy atom. The van der Waals surface area contributed by atoms with Gasteiger partial charge in [0, 0.05) is 24.0 Å². The van der Waals surface area contributed by atoms with E-state index in [9.17, 15) is 1.37 Å². The van der Waals surface area contributed by atoms with E-state index in [0.717, 1.165) is 0 Å². The third kappa shape index (κ3) is 3.00. The van der Waals surface area contributed by atoms with Crippen molar-refractivity contribution in [2.45, 2.75) is 13.2 Å². The molecule has 0 atom stereocenters. The van der Waals surface area contributed by atoms with Crippen molar-refractivity contribution in [2.24, 2.45) is 0 Å². The zero-order valence-electron chi connectivity index (χ0n) is 30.3. The number of fused-ring (bicyclic) bond motifs is 4.